The minimum Gasteiger partial charge on any atom is -0.481 e. The number of fused-ring (bicyclic) bond motifs is 2. The molecule has 1 aliphatic rings. The van der Waals surface area contributed by atoms with E-state index in [-0.39, 0.29) is 5.95 Å². The number of aromatic nitrogens is 2. The molecule has 0 saturated heterocycles. The van der Waals surface area contributed by atoms with Gasteiger partial charge in [0.15, 0.2) is 0 Å². The topological polar surface area (TPSA) is 151 Å². The van der Waals surface area contributed by atoms with Crippen LogP contribution in [-0.2, 0) is 16.1 Å². The second-order valence-electron chi connectivity index (χ2n) is 7.59. The van der Waals surface area contributed by atoms with E-state index in [0.29, 0.717) is 12.4 Å². The number of carbonyl (C=O) groups is 2. The monoisotopic (exact) mass is 471 g/mol. The summed E-state index contributed by atoms with van der Waals surface area (Å²) in [6.45, 7) is 2.87. The molecule has 0 bridgehead atoms. The molecule has 35 heavy (non-hydrogen) atoms. The van der Waals surface area contributed by atoms with Gasteiger partial charge in [-0.3, -0.25) is 14.6 Å². The van der Waals surface area contributed by atoms with Crippen LogP contribution in [-0.4, -0.2) is 38.3 Å². The number of nitrogen functional groups attached to an aromatic ring is 1. The smallest absolute Gasteiger partial charge is 0.300 e. The first kappa shape index (κ1) is 24.8. The van der Waals surface area contributed by atoms with Gasteiger partial charge in [0, 0.05) is 37.5 Å². The summed E-state index contributed by atoms with van der Waals surface area (Å²) in [5, 5.41) is 20.6. The lowest BCUT2D eigenvalue weighted by molar-refractivity contribution is -0.135. The molecule has 9 heteroatoms. The van der Waals surface area contributed by atoms with Gasteiger partial charge in [-0.15, -0.1) is 0 Å². The van der Waals surface area contributed by atoms with E-state index >= 15 is 0 Å². The molecular formula is C26H25N5O4. The number of nitrogens with zero attached hydrogens (tertiary/aromatic N) is 3. The van der Waals surface area contributed by atoms with Crippen molar-refractivity contribution in [1.82, 2.24) is 9.97 Å². The molecule has 0 aliphatic carbocycles. The van der Waals surface area contributed by atoms with Crippen molar-refractivity contribution in [2.45, 2.75) is 20.4 Å². The van der Waals surface area contributed by atoms with Crippen LogP contribution in [0.15, 0.2) is 71.9 Å². The number of carboxylic acid groups (broad SMARTS) is 2. The fourth-order valence-corrected chi connectivity index (χ4v) is 3.50. The Labute approximate surface area is 202 Å². The maximum atomic E-state index is 9.00. The summed E-state index contributed by atoms with van der Waals surface area (Å²) in [6, 6.07) is 21.0. The molecule has 0 fully saturated rings. The average molecular weight is 472 g/mol. The SMILES string of the molecule is CC(=O)O.CC(=O)O.Nc1nccc(Nc2cc3c(c(-c4ccc5ccccc5c4)c2)CN=C3)n1. The van der Waals surface area contributed by atoms with E-state index < -0.39 is 11.9 Å². The molecule has 1 aliphatic heterocycles. The van der Waals surface area contributed by atoms with Crippen molar-refractivity contribution >= 4 is 46.4 Å². The van der Waals surface area contributed by atoms with E-state index in [1.165, 1.54) is 27.5 Å². The fraction of sp³-hybridized carbons (Fsp3) is 0.115. The van der Waals surface area contributed by atoms with Gasteiger partial charge in [-0.2, -0.15) is 4.98 Å². The van der Waals surface area contributed by atoms with Gasteiger partial charge in [0.05, 0.1) is 6.54 Å². The summed E-state index contributed by atoms with van der Waals surface area (Å²) in [6.07, 6.45) is 3.57. The predicted octanol–water partition coefficient (Wildman–Crippen LogP) is 4.74. The van der Waals surface area contributed by atoms with E-state index in [1.807, 2.05) is 6.21 Å². The molecule has 3 aromatic carbocycles. The molecule has 2 heterocycles. The molecule has 1 aromatic heterocycles. The highest BCUT2D eigenvalue weighted by Crippen LogP contribution is 2.34. The van der Waals surface area contributed by atoms with Gasteiger partial charge in [-0.05, 0) is 51.7 Å². The van der Waals surface area contributed by atoms with Crippen LogP contribution >= 0.6 is 0 Å². The predicted molar refractivity (Wildman–Crippen MR) is 137 cm³/mol. The zero-order valence-electron chi connectivity index (χ0n) is 19.3. The molecule has 178 valence electrons. The largest absolute Gasteiger partial charge is 0.481 e. The first-order chi connectivity index (χ1) is 16.7. The van der Waals surface area contributed by atoms with Crippen LogP contribution in [0.2, 0.25) is 0 Å². The minimum absolute atomic E-state index is 0.248. The number of rotatable bonds is 3. The van der Waals surface area contributed by atoms with Crippen molar-refractivity contribution in [3.8, 4) is 11.1 Å². The Balaban J connectivity index is 0.000000376. The Kier molecular flexibility index (Phi) is 8.07. The number of hydrogen-bond donors (Lipinski definition) is 4. The lowest BCUT2D eigenvalue weighted by Gasteiger charge is -2.13. The van der Waals surface area contributed by atoms with Crippen molar-refractivity contribution in [1.29, 1.82) is 0 Å². The standard InChI is InChI=1S/C22H17N5.2C2H4O2/c23-22-25-8-7-21(27-22)26-18-10-17-12-24-13-20(17)19(11-18)16-6-5-14-3-1-2-4-15(14)9-16;2*1-2(3)4/h1-12H,13H2,(H3,23,25,26,27);2*1H3,(H,3,4). The summed E-state index contributed by atoms with van der Waals surface area (Å²) >= 11 is 0. The third kappa shape index (κ3) is 7.10. The maximum absolute atomic E-state index is 9.00. The van der Waals surface area contributed by atoms with Crippen LogP contribution in [0.4, 0.5) is 17.5 Å². The molecule has 9 nitrogen and oxygen atoms in total. The van der Waals surface area contributed by atoms with Crippen molar-refractivity contribution in [2.24, 2.45) is 4.99 Å². The van der Waals surface area contributed by atoms with E-state index in [4.69, 9.17) is 25.5 Å². The summed E-state index contributed by atoms with van der Waals surface area (Å²) in [4.78, 5) is 30.6. The first-order valence-electron chi connectivity index (χ1n) is 10.6. The van der Waals surface area contributed by atoms with Crippen molar-refractivity contribution < 1.29 is 19.8 Å². The van der Waals surface area contributed by atoms with Crippen molar-refractivity contribution in [2.75, 3.05) is 11.1 Å². The molecule has 5 rings (SSSR count). The van der Waals surface area contributed by atoms with Gasteiger partial charge in [0.2, 0.25) is 5.95 Å². The summed E-state index contributed by atoms with van der Waals surface area (Å²) in [5.41, 5.74) is 11.4. The van der Waals surface area contributed by atoms with E-state index in [2.05, 4.69) is 74.9 Å². The highest BCUT2D eigenvalue weighted by Gasteiger charge is 2.15. The molecule has 0 spiro atoms. The zero-order chi connectivity index (χ0) is 25.4. The van der Waals surface area contributed by atoms with Gasteiger partial charge in [0.1, 0.15) is 5.82 Å². The molecule has 0 unspecified atom stereocenters. The first-order valence-corrected chi connectivity index (χ1v) is 10.6. The highest BCUT2D eigenvalue weighted by molar-refractivity contribution is 5.94. The lowest BCUT2D eigenvalue weighted by atomic mass is 9.94. The van der Waals surface area contributed by atoms with Crippen LogP contribution in [0.25, 0.3) is 21.9 Å². The van der Waals surface area contributed by atoms with E-state index in [1.54, 1.807) is 12.3 Å². The van der Waals surface area contributed by atoms with Gasteiger partial charge < -0.3 is 21.3 Å². The normalized spacial score (nSPS) is 10.9. The Morgan fingerprint density at radius 1 is 0.943 bits per heavy atom. The highest BCUT2D eigenvalue weighted by atomic mass is 16.4. The van der Waals surface area contributed by atoms with Gasteiger partial charge >= 0.3 is 0 Å². The minimum atomic E-state index is -0.833. The number of nitrogens with two attached hydrogens (primary N) is 1. The molecule has 0 saturated carbocycles. The number of nitrogens with one attached hydrogen (secondary N) is 1. The van der Waals surface area contributed by atoms with Crippen LogP contribution in [0.5, 0.6) is 0 Å². The van der Waals surface area contributed by atoms with Crippen molar-refractivity contribution in [3.63, 3.8) is 0 Å². The van der Waals surface area contributed by atoms with Gasteiger partial charge in [0.25, 0.3) is 11.9 Å². The van der Waals surface area contributed by atoms with Crippen LogP contribution in [0, 0.1) is 0 Å². The summed E-state index contributed by atoms with van der Waals surface area (Å²) in [5.74, 6) is -0.751. The maximum Gasteiger partial charge on any atom is 0.300 e. The average Bonchev–Trinajstić information content (AvgIpc) is 3.26. The number of anilines is 3. The fourth-order valence-electron chi connectivity index (χ4n) is 3.50. The lowest BCUT2D eigenvalue weighted by Crippen LogP contribution is -2.00. The van der Waals surface area contributed by atoms with Gasteiger partial charge in [-0.25, -0.2) is 4.98 Å². The summed E-state index contributed by atoms with van der Waals surface area (Å²) in [7, 11) is 0. The molecule has 4 aromatic rings. The van der Waals surface area contributed by atoms with E-state index in [9.17, 15) is 0 Å². The van der Waals surface area contributed by atoms with E-state index in [0.717, 1.165) is 25.1 Å². The Hall–Kier alpha value is -4.79. The Morgan fingerprint density at radius 2 is 1.63 bits per heavy atom. The third-order valence-corrected chi connectivity index (χ3v) is 4.77. The van der Waals surface area contributed by atoms with Crippen LogP contribution < -0.4 is 11.1 Å². The molecule has 5 N–H and O–H groups in total. The van der Waals surface area contributed by atoms with Gasteiger partial charge in [-0.1, -0.05) is 36.4 Å². The molecule has 0 radical (unpaired) electrons. The number of hydrogen-bond acceptors (Lipinski definition) is 7. The number of aliphatic carboxylic acids is 2. The molecule has 0 amide bonds. The second kappa shape index (κ2) is 11.4. The third-order valence-electron chi connectivity index (χ3n) is 4.77. The number of benzene rings is 3. The Bertz CT molecular complexity index is 1380. The number of aliphatic imine (C=N–C) groups is 1. The zero-order valence-corrected chi connectivity index (χ0v) is 19.3. The Morgan fingerprint density at radius 3 is 2.31 bits per heavy atom. The van der Waals surface area contributed by atoms with Crippen molar-refractivity contribution in [3.05, 3.63) is 78.0 Å². The molecule has 0 atom stereocenters. The number of carboxylic acids is 2. The van der Waals surface area contributed by atoms with Crippen LogP contribution in [0.3, 0.4) is 0 Å². The summed E-state index contributed by atoms with van der Waals surface area (Å²) < 4.78 is 0. The molecular weight excluding hydrogens is 446 g/mol. The quantitative estimate of drug-likeness (QED) is 0.335. The van der Waals surface area contributed by atoms with Crippen LogP contribution in [0.1, 0.15) is 25.0 Å². The second-order valence-corrected chi connectivity index (χ2v) is 7.59.